The number of carbonyl (C=O) groups is 1. The average molecular weight is 253 g/mol. The molecule has 1 aliphatic heterocycles. The number of rotatable bonds is 1. The molecule has 0 aliphatic carbocycles. The zero-order valence-corrected chi connectivity index (χ0v) is 10.6. The van der Waals surface area contributed by atoms with Crippen LogP contribution in [0.15, 0.2) is 30.7 Å². The summed E-state index contributed by atoms with van der Waals surface area (Å²) in [6.07, 6.45) is 5.00. The molecule has 2 aromatic rings. The average Bonchev–Trinajstić information content (AvgIpc) is 2.64. The van der Waals surface area contributed by atoms with Crippen molar-refractivity contribution < 1.29 is 4.79 Å². The van der Waals surface area contributed by atoms with Gasteiger partial charge in [-0.1, -0.05) is 19.7 Å². The van der Waals surface area contributed by atoms with Gasteiger partial charge in [-0.3, -0.25) is 9.78 Å². The van der Waals surface area contributed by atoms with Crippen LogP contribution in [0.5, 0.6) is 0 Å². The van der Waals surface area contributed by atoms with Crippen LogP contribution in [0.1, 0.15) is 18.9 Å². The molecule has 3 heterocycles. The lowest BCUT2D eigenvalue weighted by Crippen LogP contribution is -2.42. The van der Waals surface area contributed by atoms with Gasteiger partial charge in [-0.25, -0.2) is 0 Å². The van der Waals surface area contributed by atoms with Crippen molar-refractivity contribution in [3.63, 3.8) is 0 Å². The third kappa shape index (κ3) is 1.68. The summed E-state index contributed by atoms with van der Waals surface area (Å²) >= 11 is 0. The van der Waals surface area contributed by atoms with Crippen molar-refractivity contribution >= 4 is 29.8 Å². The maximum atomic E-state index is 12.1. The number of aromatic nitrogens is 2. The van der Waals surface area contributed by atoms with E-state index in [4.69, 9.17) is 0 Å². The van der Waals surface area contributed by atoms with Crippen LogP contribution in [0.4, 0.5) is 0 Å². The SMILES string of the molecule is C=C1CCC(n2c(=C)c3ccncc3c2=C)C(=O)N1. The van der Waals surface area contributed by atoms with Crippen LogP contribution in [-0.4, -0.2) is 15.5 Å². The molecule has 1 unspecified atom stereocenters. The molecule has 1 N–H and O–H groups in total. The van der Waals surface area contributed by atoms with Crippen LogP contribution in [0.25, 0.3) is 23.9 Å². The van der Waals surface area contributed by atoms with Crippen molar-refractivity contribution in [3.05, 3.63) is 41.4 Å². The maximum absolute atomic E-state index is 12.1. The molecule has 19 heavy (non-hydrogen) atoms. The number of nitrogens with one attached hydrogen (secondary N) is 1. The van der Waals surface area contributed by atoms with Gasteiger partial charge in [0, 0.05) is 39.6 Å². The number of nitrogens with zero attached hydrogens (tertiary/aromatic N) is 2. The molecule has 0 saturated carbocycles. The van der Waals surface area contributed by atoms with Gasteiger partial charge in [0.05, 0.1) is 0 Å². The number of hydrogen-bond acceptors (Lipinski definition) is 2. The van der Waals surface area contributed by atoms with Gasteiger partial charge in [-0.05, 0) is 18.9 Å². The molecule has 1 atom stereocenters. The lowest BCUT2D eigenvalue weighted by Gasteiger charge is -2.25. The first kappa shape index (κ1) is 11.7. The van der Waals surface area contributed by atoms with Gasteiger partial charge in [0.1, 0.15) is 6.04 Å². The lowest BCUT2D eigenvalue weighted by atomic mass is 10.0. The fourth-order valence-electron chi connectivity index (χ4n) is 2.68. The molecule has 1 fully saturated rings. The van der Waals surface area contributed by atoms with E-state index >= 15 is 0 Å². The number of piperidine rings is 1. The Morgan fingerprint density at radius 2 is 2.00 bits per heavy atom. The van der Waals surface area contributed by atoms with Crippen LogP contribution in [0.2, 0.25) is 0 Å². The molecule has 0 aromatic carbocycles. The van der Waals surface area contributed by atoms with E-state index in [1.54, 1.807) is 12.4 Å². The minimum absolute atomic E-state index is 0.0423. The highest BCUT2D eigenvalue weighted by atomic mass is 16.2. The Labute approximate surface area is 110 Å². The lowest BCUT2D eigenvalue weighted by molar-refractivity contribution is -0.124. The van der Waals surface area contributed by atoms with Crippen LogP contribution in [-0.2, 0) is 4.79 Å². The summed E-state index contributed by atoms with van der Waals surface area (Å²) in [4.78, 5) is 16.2. The van der Waals surface area contributed by atoms with Crippen molar-refractivity contribution in [3.8, 4) is 0 Å². The first-order valence-electron chi connectivity index (χ1n) is 6.20. The molecule has 96 valence electrons. The highest BCUT2D eigenvalue weighted by Crippen LogP contribution is 2.20. The zero-order chi connectivity index (χ0) is 13.6. The number of carbonyl (C=O) groups excluding carboxylic acids is 1. The second-order valence-electron chi connectivity index (χ2n) is 4.83. The van der Waals surface area contributed by atoms with Gasteiger partial charge in [0.15, 0.2) is 0 Å². The molecule has 1 aliphatic rings. The van der Waals surface area contributed by atoms with E-state index in [1.807, 2.05) is 10.6 Å². The Kier molecular flexibility index (Phi) is 2.52. The van der Waals surface area contributed by atoms with E-state index in [1.165, 1.54) is 0 Å². The molecule has 0 radical (unpaired) electrons. The summed E-state index contributed by atoms with van der Waals surface area (Å²) in [6, 6.07) is 1.64. The molecule has 4 nitrogen and oxygen atoms in total. The van der Waals surface area contributed by atoms with E-state index in [-0.39, 0.29) is 11.9 Å². The summed E-state index contributed by atoms with van der Waals surface area (Å²) in [6.45, 7) is 12.0. The van der Waals surface area contributed by atoms with Crippen LogP contribution in [0, 0.1) is 0 Å². The van der Waals surface area contributed by atoms with Crippen molar-refractivity contribution in [2.75, 3.05) is 0 Å². The normalized spacial score (nSPS) is 19.7. The van der Waals surface area contributed by atoms with Gasteiger partial charge in [-0.15, -0.1) is 0 Å². The largest absolute Gasteiger partial charge is 0.329 e. The van der Waals surface area contributed by atoms with E-state index in [0.29, 0.717) is 0 Å². The van der Waals surface area contributed by atoms with Gasteiger partial charge in [0.25, 0.3) is 0 Å². The third-order valence-corrected chi connectivity index (χ3v) is 3.66. The van der Waals surface area contributed by atoms with Gasteiger partial charge in [0.2, 0.25) is 5.91 Å². The minimum Gasteiger partial charge on any atom is -0.329 e. The Morgan fingerprint density at radius 1 is 1.26 bits per heavy atom. The zero-order valence-electron chi connectivity index (χ0n) is 10.6. The third-order valence-electron chi connectivity index (χ3n) is 3.66. The second-order valence-corrected chi connectivity index (χ2v) is 4.83. The van der Waals surface area contributed by atoms with Crippen molar-refractivity contribution in [2.24, 2.45) is 0 Å². The first-order chi connectivity index (χ1) is 9.09. The van der Waals surface area contributed by atoms with E-state index in [2.05, 4.69) is 30.0 Å². The standard InChI is InChI=1S/C15H15N3O/c1-9-4-5-14(15(19)17-9)18-10(2)12-6-7-16-8-13(12)11(18)3/h6-8,14H,1-5H2,(H,17,19). The maximum Gasteiger partial charge on any atom is 0.247 e. The molecule has 3 rings (SSSR count). The molecular weight excluding hydrogens is 238 g/mol. The van der Waals surface area contributed by atoms with Crippen molar-refractivity contribution in [1.82, 2.24) is 14.9 Å². The van der Waals surface area contributed by atoms with Crippen LogP contribution in [0.3, 0.4) is 0 Å². The number of allylic oxidation sites excluding steroid dienone is 1. The van der Waals surface area contributed by atoms with Crippen molar-refractivity contribution in [1.29, 1.82) is 0 Å². The second kappa shape index (κ2) is 4.09. The molecule has 2 aromatic heterocycles. The number of pyridine rings is 1. The molecule has 1 amide bonds. The number of fused-ring (bicyclic) bond motifs is 1. The summed E-state index contributed by atoms with van der Waals surface area (Å²) in [7, 11) is 0. The Morgan fingerprint density at radius 3 is 2.68 bits per heavy atom. The molecule has 1 saturated heterocycles. The molecule has 4 heteroatoms. The highest BCUT2D eigenvalue weighted by Gasteiger charge is 2.26. The Hall–Kier alpha value is -2.36. The van der Waals surface area contributed by atoms with Gasteiger partial charge in [-0.2, -0.15) is 0 Å². The smallest absolute Gasteiger partial charge is 0.247 e. The predicted octanol–water partition coefficient (Wildman–Crippen LogP) is 0.822. The van der Waals surface area contributed by atoms with Crippen LogP contribution >= 0.6 is 0 Å². The van der Waals surface area contributed by atoms with Gasteiger partial charge < -0.3 is 9.88 Å². The summed E-state index contributed by atoms with van der Waals surface area (Å²) < 4.78 is 1.91. The quantitative estimate of drug-likeness (QED) is 0.818. The van der Waals surface area contributed by atoms with E-state index in [9.17, 15) is 4.79 Å². The Balaban J connectivity index is 2.21. The van der Waals surface area contributed by atoms with Crippen LogP contribution < -0.4 is 16.0 Å². The first-order valence-corrected chi connectivity index (χ1v) is 6.20. The molecular formula is C15H15N3O. The highest BCUT2D eigenvalue weighted by molar-refractivity contribution is 5.86. The van der Waals surface area contributed by atoms with E-state index < -0.39 is 0 Å². The van der Waals surface area contributed by atoms with Crippen molar-refractivity contribution in [2.45, 2.75) is 18.9 Å². The molecule has 0 bridgehead atoms. The van der Waals surface area contributed by atoms with E-state index in [0.717, 1.165) is 40.0 Å². The topological polar surface area (TPSA) is 46.9 Å². The summed E-state index contributed by atoms with van der Waals surface area (Å²) in [5.41, 5.74) is 0.774. The molecule has 0 spiro atoms. The Bertz CT molecular complexity index is 741. The minimum atomic E-state index is -0.266. The monoisotopic (exact) mass is 253 g/mol. The summed E-state index contributed by atoms with van der Waals surface area (Å²) in [5, 5.41) is 6.35. The van der Waals surface area contributed by atoms with Gasteiger partial charge >= 0.3 is 0 Å². The predicted molar refractivity (Wildman–Crippen MR) is 75.6 cm³/mol. The number of amides is 1. The number of hydrogen-bond donors (Lipinski definition) is 1. The fraction of sp³-hybridized carbons (Fsp3) is 0.200. The fourth-order valence-corrected chi connectivity index (χ4v) is 2.68. The summed E-state index contributed by atoms with van der Waals surface area (Å²) in [5.74, 6) is -0.0423.